The smallest absolute Gasteiger partial charge is 0.165 e. The van der Waals surface area contributed by atoms with Gasteiger partial charge in [0.1, 0.15) is 12.4 Å². The van der Waals surface area contributed by atoms with Gasteiger partial charge < -0.3 is 14.6 Å². The topological polar surface area (TPSA) is 38.7 Å². The van der Waals surface area contributed by atoms with Crippen LogP contribution in [0.25, 0.3) is 0 Å². The van der Waals surface area contributed by atoms with Crippen LogP contribution in [0.4, 0.5) is 0 Å². The molecule has 0 fully saturated rings. The second-order valence-electron chi connectivity index (χ2n) is 3.61. The van der Waals surface area contributed by atoms with Crippen molar-refractivity contribution in [1.29, 1.82) is 0 Å². The van der Waals surface area contributed by atoms with Gasteiger partial charge in [0, 0.05) is 6.07 Å². The van der Waals surface area contributed by atoms with Gasteiger partial charge in [0.15, 0.2) is 11.5 Å². The van der Waals surface area contributed by atoms with Gasteiger partial charge in [-0.15, -0.1) is 0 Å². The Morgan fingerprint density at radius 3 is 2.53 bits per heavy atom. The van der Waals surface area contributed by atoms with Crippen LogP contribution in [0.15, 0.2) is 48.5 Å². The molecule has 2 aromatic carbocycles. The van der Waals surface area contributed by atoms with E-state index in [2.05, 4.69) is 0 Å². The molecule has 2 aromatic rings. The van der Waals surface area contributed by atoms with E-state index in [1.165, 1.54) is 0 Å². The number of ether oxygens (including phenoxy) is 2. The number of hydrogen-bond acceptors (Lipinski definition) is 3. The highest BCUT2D eigenvalue weighted by Gasteiger charge is 2.04. The molecule has 0 aromatic heterocycles. The van der Waals surface area contributed by atoms with Crippen LogP contribution in [0, 0.1) is 0 Å². The van der Waals surface area contributed by atoms with E-state index in [1.54, 1.807) is 25.3 Å². The van der Waals surface area contributed by atoms with Crippen molar-refractivity contribution in [2.45, 2.75) is 6.61 Å². The fourth-order valence-electron chi connectivity index (χ4n) is 1.47. The summed E-state index contributed by atoms with van der Waals surface area (Å²) >= 11 is 0. The minimum atomic E-state index is 0.113. The first-order valence-corrected chi connectivity index (χ1v) is 5.33. The Morgan fingerprint density at radius 2 is 1.82 bits per heavy atom. The quantitative estimate of drug-likeness (QED) is 0.877. The average molecular weight is 230 g/mol. The molecule has 0 aliphatic rings. The Bertz CT molecular complexity index is 480. The molecule has 0 aliphatic heterocycles. The number of aromatic hydroxyl groups is 1. The summed E-state index contributed by atoms with van der Waals surface area (Å²) < 4.78 is 10.6. The van der Waals surface area contributed by atoms with Crippen molar-refractivity contribution in [1.82, 2.24) is 0 Å². The summed E-state index contributed by atoms with van der Waals surface area (Å²) in [6.45, 7) is 0.418. The first kappa shape index (κ1) is 11.3. The molecule has 88 valence electrons. The van der Waals surface area contributed by atoms with Crippen LogP contribution >= 0.6 is 0 Å². The third kappa shape index (κ3) is 2.91. The first-order chi connectivity index (χ1) is 8.29. The molecule has 0 atom stereocenters. The molecule has 3 heteroatoms. The summed E-state index contributed by atoms with van der Waals surface area (Å²) in [5.41, 5.74) is 1.05. The molecule has 0 radical (unpaired) electrons. The van der Waals surface area contributed by atoms with E-state index in [1.807, 2.05) is 30.3 Å². The van der Waals surface area contributed by atoms with Gasteiger partial charge in [-0.1, -0.05) is 30.3 Å². The third-order valence-corrected chi connectivity index (χ3v) is 2.40. The van der Waals surface area contributed by atoms with Crippen molar-refractivity contribution in [2.24, 2.45) is 0 Å². The predicted octanol–water partition coefficient (Wildman–Crippen LogP) is 2.98. The number of benzene rings is 2. The maximum atomic E-state index is 9.63. The number of rotatable bonds is 4. The fourth-order valence-corrected chi connectivity index (χ4v) is 1.47. The summed E-state index contributed by atoms with van der Waals surface area (Å²) in [6.07, 6.45) is 0. The molecule has 0 spiro atoms. The molecule has 0 amide bonds. The van der Waals surface area contributed by atoms with Gasteiger partial charge in [0.05, 0.1) is 7.11 Å². The predicted molar refractivity (Wildman–Crippen MR) is 65.4 cm³/mol. The Balaban J connectivity index is 2.08. The minimum absolute atomic E-state index is 0.113. The van der Waals surface area contributed by atoms with Crippen LogP contribution in [-0.2, 0) is 6.61 Å². The molecule has 0 saturated heterocycles. The molecule has 3 nitrogen and oxygen atoms in total. The van der Waals surface area contributed by atoms with E-state index in [0.717, 1.165) is 5.56 Å². The highest BCUT2D eigenvalue weighted by molar-refractivity contribution is 5.44. The molecule has 0 bridgehead atoms. The van der Waals surface area contributed by atoms with Crippen molar-refractivity contribution >= 4 is 0 Å². The lowest BCUT2D eigenvalue weighted by Crippen LogP contribution is -1.95. The lowest BCUT2D eigenvalue weighted by Gasteiger charge is -2.09. The zero-order valence-electron chi connectivity index (χ0n) is 9.59. The van der Waals surface area contributed by atoms with E-state index in [0.29, 0.717) is 18.1 Å². The summed E-state index contributed by atoms with van der Waals surface area (Å²) in [5, 5.41) is 9.63. The van der Waals surface area contributed by atoms with E-state index < -0.39 is 0 Å². The van der Waals surface area contributed by atoms with Crippen LogP contribution in [0.5, 0.6) is 17.2 Å². The maximum absolute atomic E-state index is 9.63. The molecule has 0 unspecified atom stereocenters. The minimum Gasteiger partial charge on any atom is -0.504 e. The van der Waals surface area contributed by atoms with Crippen molar-refractivity contribution in [2.75, 3.05) is 7.11 Å². The molecule has 0 saturated carbocycles. The molecule has 2 rings (SSSR count). The fraction of sp³-hybridized carbons (Fsp3) is 0.143. The summed E-state index contributed by atoms with van der Waals surface area (Å²) in [5.74, 6) is 1.20. The zero-order valence-corrected chi connectivity index (χ0v) is 9.59. The van der Waals surface area contributed by atoms with Crippen LogP contribution in [0.3, 0.4) is 0 Å². The van der Waals surface area contributed by atoms with Crippen molar-refractivity contribution in [3.63, 3.8) is 0 Å². The third-order valence-electron chi connectivity index (χ3n) is 2.40. The van der Waals surface area contributed by atoms with Crippen LogP contribution < -0.4 is 9.47 Å². The zero-order chi connectivity index (χ0) is 12.1. The Labute approximate surface area is 100 Å². The van der Waals surface area contributed by atoms with Gasteiger partial charge in [-0.25, -0.2) is 0 Å². The lowest BCUT2D eigenvalue weighted by molar-refractivity contribution is 0.286. The molecular formula is C14H14O3. The molecule has 0 heterocycles. The monoisotopic (exact) mass is 230 g/mol. The Morgan fingerprint density at radius 1 is 1.06 bits per heavy atom. The summed E-state index contributed by atoms with van der Waals surface area (Å²) in [4.78, 5) is 0. The lowest BCUT2D eigenvalue weighted by atomic mass is 10.2. The highest BCUT2D eigenvalue weighted by Crippen LogP contribution is 2.30. The van der Waals surface area contributed by atoms with Crippen LogP contribution in [0.1, 0.15) is 5.56 Å². The normalized spacial score (nSPS) is 9.94. The van der Waals surface area contributed by atoms with Gasteiger partial charge in [-0.05, 0) is 17.7 Å². The Kier molecular flexibility index (Phi) is 3.50. The molecule has 17 heavy (non-hydrogen) atoms. The summed E-state index contributed by atoms with van der Waals surface area (Å²) in [6, 6.07) is 14.7. The second kappa shape index (κ2) is 5.25. The summed E-state index contributed by atoms with van der Waals surface area (Å²) in [7, 11) is 1.58. The first-order valence-electron chi connectivity index (χ1n) is 5.33. The maximum Gasteiger partial charge on any atom is 0.165 e. The van der Waals surface area contributed by atoms with Gasteiger partial charge in [-0.2, -0.15) is 0 Å². The average Bonchev–Trinajstić information content (AvgIpc) is 2.39. The van der Waals surface area contributed by atoms with Crippen molar-refractivity contribution in [3.8, 4) is 17.2 Å². The molecule has 0 aliphatic carbocycles. The van der Waals surface area contributed by atoms with E-state index >= 15 is 0 Å². The van der Waals surface area contributed by atoms with Crippen molar-refractivity contribution < 1.29 is 14.6 Å². The Hall–Kier alpha value is -2.16. The van der Waals surface area contributed by atoms with Crippen LogP contribution in [-0.4, -0.2) is 12.2 Å². The molecule has 1 N–H and O–H groups in total. The number of hydrogen-bond donors (Lipinski definition) is 1. The number of methoxy groups -OCH3 is 1. The van der Waals surface area contributed by atoms with Crippen LogP contribution in [0.2, 0.25) is 0 Å². The van der Waals surface area contributed by atoms with Gasteiger partial charge >= 0.3 is 0 Å². The van der Waals surface area contributed by atoms with Gasteiger partial charge in [-0.3, -0.25) is 0 Å². The van der Waals surface area contributed by atoms with E-state index in [4.69, 9.17) is 9.47 Å². The van der Waals surface area contributed by atoms with E-state index in [-0.39, 0.29) is 5.75 Å². The van der Waals surface area contributed by atoms with Crippen molar-refractivity contribution in [3.05, 3.63) is 54.1 Å². The molecular weight excluding hydrogens is 216 g/mol. The largest absolute Gasteiger partial charge is 0.504 e. The second-order valence-corrected chi connectivity index (χ2v) is 3.61. The SMILES string of the molecule is COc1ccc(O)c(OCc2ccccc2)c1. The van der Waals surface area contributed by atoms with Gasteiger partial charge in [0.2, 0.25) is 0 Å². The number of phenolic OH excluding ortho intramolecular Hbond substituents is 1. The highest BCUT2D eigenvalue weighted by atomic mass is 16.5. The van der Waals surface area contributed by atoms with E-state index in [9.17, 15) is 5.11 Å². The standard InChI is InChI=1S/C14H14O3/c1-16-12-7-8-13(15)14(9-12)17-10-11-5-3-2-4-6-11/h2-9,15H,10H2,1H3. The number of phenols is 1. The van der Waals surface area contributed by atoms with Gasteiger partial charge in [0.25, 0.3) is 0 Å².